The minimum Gasteiger partial charge on any atom is -0.456 e. The fraction of sp³-hybridized carbons (Fsp3) is 0.745. The van der Waals surface area contributed by atoms with E-state index in [-0.39, 0.29) is 31.5 Å². The molecule has 0 spiro atoms. The minimum absolute atomic E-state index is 0.0317. The van der Waals surface area contributed by atoms with E-state index >= 15 is 0 Å². The normalized spacial score (nSPS) is 14.5. The van der Waals surface area contributed by atoms with Crippen molar-refractivity contribution < 1.29 is 37.3 Å². The second-order valence-corrected chi connectivity index (χ2v) is 20.1. The van der Waals surface area contributed by atoms with Crippen molar-refractivity contribution in [3.63, 3.8) is 0 Å². The molecule has 376 valence electrons. The van der Waals surface area contributed by atoms with Crippen LogP contribution in [0.5, 0.6) is 0 Å². The summed E-state index contributed by atoms with van der Waals surface area (Å²) in [4.78, 5) is 37.4. The quantitative estimate of drug-likeness (QED) is 0.0156. The number of hydrogen-bond acceptors (Lipinski definition) is 6. The molecule has 0 aromatic heterocycles. The van der Waals surface area contributed by atoms with Crippen molar-refractivity contribution in [3.05, 3.63) is 72.9 Å². The number of esters is 1. The largest absolute Gasteiger partial charge is 0.472 e. The smallest absolute Gasteiger partial charge is 0.456 e. The second-order valence-electron chi connectivity index (χ2n) is 18.7. The van der Waals surface area contributed by atoms with Crippen molar-refractivity contribution in [1.29, 1.82) is 0 Å². The summed E-state index contributed by atoms with van der Waals surface area (Å²) in [5.41, 5.74) is 0. The standard InChI is InChI=1S/C55H99N2O7P/c1-7-10-13-16-19-22-25-28-30-33-36-39-42-45-48-55(59)64-53(46-43-40-37-34-31-27-24-21-18-15-12-9-3)52(51-63-65(60,61)62-50-49-57(4,5)6)56-54(58)47-44-41-38-35-32-29-26-23-20-17-14-11-8-2/h10-11,13-14,17,19-20,22-23,26,43,46,52-53H,7-9,12,15-16,18,21,24-25,27-42,44-45,47-51H2,1-6H3,(H-,56,58,60,61)/p+1/b13-10+,14-11+,20-17+,22-19+,26-23-,46-43+. The van der Waals surface area contributed by atoms with Crippen molar-refractivity contribution in [2.75, 3.05) is 40.9 Å². The van der Waals surface area contributed by atoms with E-state index in [1.165, 1.54) is 70.6 Å². The Morgan fingerprint density at radius 1 is 0.569 bits per heavy atom. The molecule has 3 unspecified atom stereocenters. The number of amides is 1. The number of rotatable bonds is 46. The summed E-state index contributed by atoms with van der Waals surface area (Å²) in [6, 6.07) is -0.862. The molecule has 0 saturated heterocycles. The van der Waals surface area contributed by atoms with E-state index in [1.807, 2.05) is 39.4 Å². The molecule has 0 aliphatic heterocycles. The van der Waals surface area contributed by atoms with Crippen LogP contribution >= 0.6 is 7.82 Å². The first-order chi connectivity index (χ1) is 31.4. The Balaban J connectivity index is 5.47. The number of carbonyl (C=O) groups is 2. The molecule has 0 rings (SSSR count). The summed E-state index contributed by atoms with van der Waals surface area (Å²) in [6.45, 7) is 6.73. The minimum atomic E-state index is -4.45. The van der Waals surface area contributed by atoms with Gasteiger partial charge in [-0.15, -0.1) is 0 Å². The molecular formula is C55H100N2O7P+. The van der Waals surface area contributed by atoms with E-state index in [0.29, 0.717) is 17.4 Å². The van der Waals surface area contributed by atoms with Gasteiger partial charge in [0.1, 0.15) is 19.3 Å². The van der Waals surface area contributed by atoms with E-state index in [1.54, 1.807) is 0 Å². The lowest BCUT2D eigenvalue weighted by molar-refractivity contribution is -0.870. The summed E-state index contributed by atoms with van der Waals surface area (Å²) >= 11 is 0. The summed E-state index contributed by atoms with van der Waals surface area (Å²) in [6.07, 6.45) is 56.1. The summed E-state index contributed by atoms with van der Waals surface area (Å²) in [7, 11) is 1.47. The maximum Gasteiger partial charge on any atom is 0.472 e. The Morgan fingerprint density at radius 2 is 1.06 bits per heavy atom. The van der Waals surface area contributed by atoms with Crippen LogP contribution in [0.4, 0.5) is 0 Å². The van der Waals surface area contributed by atoms with Gasteiger partial charge in [-0.1, -0.05) is 197 Å². The molecule has 10 heteroatoms. The fourth-order valence-electron chi connectivity index (χ4n) is 7.15. The van der Waals surface area contributed by atoms with Gasteiger partial charge in [0.15, 0.2) is 0 Å². The molecule has 0 aliphatic carbocycles. The highest BCUT2D eigenvalue weighted by Crippen LogP contribution is 2.43. The lowest BCUT2D eigenvalue weighted by Crippen LogP contribution is -2.47. The van der Waals surface area contributed by atoms with Crippen LogP contribution in [-0.2, 0) is 27.9 Å². The van der Waals surface area contributed by atoms with Gasteiger partial charge in [0.05, 0.1) is 33.8 Å². The summed E-state index contributed by atoms with van der Waals surface area (Å²) < 4.78 is 30.5. The average Bonchev–Trinajstić information content (AvgIpc) is 3.26. The lowest BCUT2D eigenvalue weighted by atomic mass is 10.0. The zero-order chi connectivity index (χ0) is 48.0. The Hall–Kier alpha value is -2.55. The molecule has 0 radical (unpaired) electrons. The summed E-state index contributed by atoms with van der Waals surface area (Å²) in [5, 5.41) is 3.02. The number of unbranched alkanes of at least 4 members (excludes halogenated alkanes) is 22. The average molecular weight is 932 g/mol. The second kappa shape index (κ2) is 45.2. The number of nitrogens with one attached hydrogen (secondary N) is 1. The van der Waals surface area contributed by atoms with Gasteiger partial charge in [-0.25, -0.2) is 4.57 Å². The first-order valence-electron chi connectivity index (χ1n) is 26.3. The number of allylic oxidation sites excluding steroid dienone is 11. The lowest BCUT2D eigenvalue weighted by Gasteiger charge is -2.27. The molecule has 0 fully saturated rings. The highest BCUT2D eigenvalue weighted by molar-refractivity contribution is 7.47. The predicted octanol–water partition coefficient (Wildman–Crippen LogP) is 15.3. The molecule has 0 aromatic rings. The van der Waals surface area contributed by atoms with Crippen molar-refractivity contribution in [1.82, 2.24) is 5.32 Å². The van der Waals surface area contributed by atoms with Crippen LogP contribution in [0.1, 0.15) is 213 Å². The van der Waals surface area contributed by atoms with Gasteiger partial charge < -0.3 is 19.4 Å². The Kier molecular flexibility index (Phi) is 43.5. The third-order valence-electron chi connectivity index (χ3n) is 11.2. The van der Waals surface area contributed by atoms with Crippen LogP contribution < -0.4 is 5.32 Å². The van der Waals surface area contributed by atoms with Gasteiger partial charge in [-0.2, -0.15) is 0 Å². The third kappa shape index (κ3) is 46.4. The Bertz CT molecular complexity index is 1350. The van der Waals surface area contributed by atoms with Gasteiger partial charge in [0.25, 0.3) is 0 Å². The van der Waals surface area contributed by atoms with Crippen LogP contribution in [0.15, 0.2) is 72.9 Å². The molecule has 0 saturated carbocycles. The van der Waals surface area contributed by atoms with Gasteiger partial charge in [-0.05, 0) is 76.7 Å². The van der Waals surface area contributed by atoms with E-state index < -0.39 is 20.0 Å². The van der Waals surface area contributed by atoms with Crippen LogP contribution in [0, 0.1) is 0 Å². The maximum atomic E-state index is 13.4. The van der Waals surface area contributed by atoms with Crippen LogP contribution in [0.3, 0.4) is 0 Å². The Morgan fingerprint density at radius 3 is 1.63 bits per heavy atom. The van der Waals surface area contributed by atoms with Crippen molar-refractivity contribution in [3.8, 4) is 0 Å². The molecule has 1 amide bonds. The molecule has 65 heavy (non-hydrogen) atoms. The topological polar surface area (TPSA) is 111 Å². The van der Waals surface area contributed by atoms with E-state index in [2.05, 4.69) is 80.8 Å². The highest BCUT2D eigenvalue weighted by atomic mass is 31.2. The molecule has 2 N–H and O–H groups in total. The third-order valence-corrected chi connectivity index (χ3v) is 12.2. The SMILES string of the molecule is CC/C=C/C=C/C=C\CCCCCCCC(=O)NC(COP(=O)(O)OCC[N+](C)(C)C)C(/C=C/CCCCCCCCCCCC)OC(=O)CCCCCCCCC/C=C/C/C=C/CC. The number of ether oxygens (including phenoxy) is 1. The number of phosphoric acid groups is 1. The van der Waals surface area contributed by atoms with E-state index in [4.69, 9.17) is 13.8 Å². The van der Waals surface area contributed by atoms with E-state index in [9.17, 15) is 19.0 Å². The zero-order valence-electron chi connectivity index (χ0n) is 42.7. The maximum absolute atomic E-state index is 13.4. The molecule has 0 bridgehead atoms. The fourth-order valence-corrected chi connectivity index (χ4v) is 7.89. The van der Waals surface area contributed by atoms with Gasteiger partial charge in [-0.3, -0.25) is 18.6 Å². The van der Waals surface area contributed by atoms with Crippen molar-refractivity contribution in [2.45, 2.75) is 226 Å². The van der Waals surface area contributed by atoms with Gasteiger partial charge in [0, 0.05) is 12.8 Å². The van der Waals surface area contributed by atoms with Gasteiger partial charge in [0.2, 0.25) is 5.91 Å². The number of likely N-dealkylation sites (N-methyl/N-ethyl adjacent to an activating group) is 1. The molecule has 3 atom stereocenters. The van der Waals surface area contributed by atoms with Crippen molar-refractivity contribution >= 4 is 19.7 Å². The van der Waals surface area contributed by atoms with Gasteiger partial charge >= 0.3 is 13.8 Å². The monoisotopic (exact) mass is 932 g/mol. The van der Waals surface area contributed by atoms with Crippen LogP contribution in [0.25, 0.3) is 0 Å². The molecular weight excluding hydrogens is 832 g/mol. The number of quaternary nitrogens is 1. The first kappa shape index (κ1) is 62.4. The zero-order valence-corrected chi connectivity index (χ0v) is 43.6. The molecule has 0 aromatic carbocycles. The van der Waals surface area contributed by atoms with Crippen molar-refractivity contribution in [2.24, 2.45) is 0 Å². The number of nitrogens with zero attached hydrogens (tertiary/aromatic N) is 1. The molecule has 0 aliphatic rings. The first-order valence-corrected chi connectivity index (χ1v) is 27.8. The van der Waals surface area contributed by atoms with E-state index in [0.717, 1.165) is 109 Å². The number of hydrogen-bond donors (Lipinski definition) is 2. The van der Waals surface area contributed by atoms with Crippen LogP contribution in [-0.4, -0.2) is 74.3 Å². The highest BCUT2D eigenvalue weighted by Gasteiger charge is 2.30. The number of carbonyl (C=O) groups excluding carboxylic acids is 2. The summed E-state index contributed by atoms with van der Waals surface area (Å²) in [5.74, 6) is -0.544. The predicted molar refractivity (Wildman–Crippen MR) is 277 cm³/mol. The number of phosphoric ester groups is 1. The molecule has 0 heterocycles. The Labute approximate surface area is 400 Å². The molecule has 9 nitrogen and oxygen atoms in total. The van der Waals surface area contributed by atoms with Crippen LogP contribution in [0.2, 0.25) is 0 Å².